The van der Waals surface area contributed by atoms with Crippen LogP contribution in [-0.4, -0.2) is 80.1 Å². The largest absolute Gasteiger partial charge is 0.497 e. The van der Waals surface area contributed by atoms with E-state index in [0.717, 1.165) is 61.0 Å². The summed E-state index contributed by atoms with van der Waals surface area (Å²) in [4.78, 5) is 14.0. The molecular formula is C24H35N7OS. The van der Waals surface area contributed by atoms with Crippen molar-refractivity contribution >= 4 is 29.3 Å². The maximum Gasteiger partial charge on any atom is 0.207 e. The van der Waals surface area contributed by atoms with E-state index in [9.17, 15) is 0 Å². The van der Waals surface area contributed by atoms with Crippen LogP contribution in [0.1, 0.15) is 6.92 Å². The lowest BCUT2D eigenvalue weighted by atomic mass is 10.2. The Morgan fingerprint density at radius 2 is 1.97 bits per heavy atom. The van der Waals surface area contributed by atoms with Crippen molar-refractivity contribution in [2.45, 2.75) is 12.1 Å². The first kappa shape index (κ1) is 24.9. The third kappa shape index (κ3) is 7.66. The Morgan fingerprint density at radius 3 is 2.64 bits per heavy atom. The van der Waals surface area contributed by atoms with Crippen LogP contribution in [0.5, 0.6) is 5.75 Å². The molecule has 2 N–H and O–H groups in total. The van der Waals surface area contributed by atoms with Gasteiger partial charge in [-0.15, -0.1) is 0 Å². The van der Waals surface area contributed by atoms with Crippen LogP contribution in [0.25, 0.3) is 0 Å². The predicted octanol–water partition coefficient (Wildman–Crippen LogP) is 3.60. The third-order valence-corrected chi connectivity index (χ3v) is 6.24. The van der Waals surface area contributed by atoms with E-state index in [0.29, 0.717) is 0 Å². The topological polar surface area (TPSA) is 68.8 Å². The van der Waals surface area contributed by atoms with Gasteiger partial charge in [0.05, 0.1) is 7.11 Å². The fraction of sp³-hybridized carbons (Fsp3) is 0.417. The minimum Gasteiger partial charge on any atom is -0.497 e. The molecule has 1 aromatic carbocycles. The predicted molar refractivity (Wildman–Crippen MR) is 138 cm³/mol. The van der Waals surface area contributed by atoms with Crippen LogP contribution in [0, 0.1) is 0 Å². The van der Waals surface area contributed by atoms with Crippen molar-refractivity contribution in [3.8, 4) is 5.75 Å². The van der Waals surface area contributed by atoms with Crippen molar-refractivity contribution < 1.29 is 4.74 Å². The van der Waals surface area contributed by atoms with Crippen molar-refractivity contribution in [2.75, 3.05) is 71.2 Å². The van der Waals surface area contributed by atoms with Gasteiger partial charge in [-0.05, 0) is 48.9 Å². The monoisotopic (exact) mass is 469 g/mol. The van der Waals surface area contributed by atoms with Crippen molar-refractivity contribution in [3.63, 3.8) is 0 Å². The number of methoxy groups -OCH3 is 1. The lowest BCUT2D eigenvalue weighted by Crippen LogP contribution is -2.44. The average Bonchev–Trinajstić information content (AvgIpc) is 2.82. The minimum absolute atomic E-state index is 0.742. The molecule has 0 amide bonds. The molecule has 9 heteroatoms. The molecule has 0 aliphatic carbocycles. The highest BCUT2D eigenvalue weighted by atomic mass is 32.2. The molecule has 1 aliphatic heterocycles. The first-order valence-electron chi connectivity index (χ1n) is 11.1. The highest BCUT2D eigenvalue weighted by Gasteiger charge is 2.20. The molecule has 8 nitrogen and oxygen atoms in total. The number of hydrogen-bond acceptors (Lipinski definition) is 9. The van der Waals surface area contributed by atoms with E-state index in [4.69, 9.17) is 14.7 Å². The summed E-state index contributed by atoms with van der Waals surface area (Å²) in [6.45, 7) is 7.01. The molecule has 3 rings (SSSR count). The number of allylic oxidation sites excluding steroid dienone is 1. The molecule has 1 aliphatic rings. The summed E-state index contributed by atoms with van der Waals surface area (Å²) in [6, 6.07) is 9.79. The second-order valence-corrected chi connectivity index (χ2v) is 8.99. The Balaban J connectivity index is 1.64. The maximum atomic E-state index is 5.33. The first-order chi connectivity index (χ1) is 16.0. The molecule has 0 spiro atoms. The van der Waals surface area contributed by atoms with Gasteiger partial charge in [0.25, 0.3) is 0 Å². The van der Waals surface area contributed by atoms with Crippen LogP contribution >= 0.6 is 11.9 Å². The van der Waals surface area contributed by atoms with Crippen molar-refractivity contribution in [2.24, 2.45) is 0 Å². The van der Waals surface area contributed by atoms with Gasteiger partial charge in [0, 0.05) is 71.7 Å². The number of hydrogen-bond donors (Lipinski definition) is 2. The van der Waals surface area contributed by atoms with Gasteiger partial charge in [0.15, 0.2) is 0 Å². The lowest BCUT2D eigenvalue weighted by Gasteiger charge is -2.33. The van der Waals surface area contributed by atoms with E-state index in [2.05, 4.69) is 38.9 Å². The van der Waals surface area contributed by atoms with Gasteiger partial charge in [0.2, 0.25) is 5.16 Å². The molecule has 178 valence electrons. The first-order valence-corrected chi connectivity index (χ1v) is 11.9. The molecule has 2 heterocycles. The number of ether oxygens (including phenoxy) is 1. The van der Waals surface area contributed by atoms with Crippen molar-refractivity contribution in [3.05, 3.63) is 54.3 Å². The summed E-state index contributed by atoms with van der Waals surface area (Å²) >= 11 is 1.62. The van der Waals surface area contributed by atoms with Crippen molar-refractivity contribution in [1.29, 1.82) is 0 Å². The fourth-order valence-corrected chi connectivity index (χ4v) is 4.23. The van der Waals surface area contributed by atoms with E-state index < -0.39 is 0 Å². The summed E-state index contributed by atoms with van der Waals surface area (Å²) < 4.78 is 7.68. The third-order valence-electron chi connectivity index (χ3n) is 5.28. The zero-order chi connectivity index (χ0) is 23.6. The van der Waals surface area contributed by atoms with E-state index in [1.165, 1.54) is 5.57 Å². The smallest absolute Gasteiger partial charge is 0.207 e. The van der Waals surface area contributed by atoms with E-state index in [1.807, 2.05) is 62.6 Å². The number of benzene rings is 1. The summed E-state index contributed by atoms with van der Waals surface area (Å²) in [7, 11) is 7.57. The van der Waals surface area contributed by atoms with Crippen LogP contribution < -0.4 is 20.3 Å². The number of nitrogens with zero attached hydrogens (tertiary/aromatic N) is 5. The standard InChI is InChI=1S/C24H35N7OS/c1-6-19(10-11-25-2)18-30-12-14-31(15-13-30)33-24-27-22(17-23(28-24)29(3)4)26-20-8-7-9-21(16-20)32-5/h6-11,16-17,25H,12-15,18H2,1-5H3,(H,26,27,28)/b11-10-,19-6+. The van der Waals surface area contributed by atoms with E-state index in [-0.39, 0.29) is 0 Å². The zero-order valence-electron chi connectivity index (χ0n) is 20.2. The Labute approximate surface area is 201 Å². The molecule has 0 atom stereocenters. The Hall–Kier alpha value is -2.75. The number of nitrogens with one attached hydrogen (secondary N) is 2. The minimum atomic E-state index is 0.742. The molecule has 1 aromatic heterocycles. The van der Waals surface area contributed by atoms with Gasteiger partial charge in [-0.3, -0.25) is 4.90 Å². The van der Waals surface area contributed by atoms with Gasteiger partial charge in [-0.2, -0.15) is 0 Å². The fourth-order valence-electron chi connectivity index (χ4n) is 3.38. The van der Waals surface area contributed by atoms with Crippen molar-refractivity contribution in [1.82, 2.24) is 24.5 Å². The second kappa shape index (κ2) is 12.5. The van der Waals surface area contributed by atoms with E-state index >= 15 is 0 Å². The van der Waals surface area contributed by atoms with Crippen LogP contribution in [0.15, 0.2) is 59.4 Å². The molecule has 0 saturated carbocycles. The number of anilines is 3. The number of piperazine rings is 1. The summed E-state index contributed by atoms with van der Waals surface area (Å²) in [5, 5.41) is 7.19. The molecule has 1 saturated heterocycles. The lowest BCUT2D eigenvalue weighted by molar-refractivity contribution is 0.211. The molecule has 0 unspecified atom stereocenters. The normalized spacial score (nSPS) is 15.6. The summed E-state index contributed by atoms with van der Waals surface area (Å²) in [5.74, 6) is 2.43. The van der Waals surface area contributed by atoms with Crippen LogP contribution in [0.4, 0.5) is 17.3 Å². The van der Waals surface area contributed by atoms with Crippen LogP contribution in [-0.2, 0) is 0 Å². The second-order valence-electron chi connectivity index (χ2n) is 7.93. The molecular weight excluding hydrogens is 434 g/mol. The van der Waals surface area contributed by atoms with Gasteiger partial charge in [-0.1, -0.05) is 12.1 Å². The number of rotatable bonds is 10. The molecule has 33 heavy (non-hydrogen) atoms. The number of aromatic nitrogens is 2. The Kier molecular flexibility index (Phi) is 9.41. The van der Waals surface area contributed by atoms with Gasteiger partial charge >= 0.3 is 0 Å². The van der Waals surface area contributed by atoms with Gasteiger partial charge < -0.3 is 20.3 Å². The molecule has 0 bridgehead atoms. The SMILES string of the molecule is C/C=C(\C=C/NC)CN1CCN(Sc2nc(Nc3cccc(OC)c3)cc(N(C)C)n2)CC1. The Bertz CT molecular complexity index is 956. The highest BCUT2D eigenvalue weighted by molar-refractivity contribution is 7.96. The average molecular weight is 470 g/mol. The van der Waals surface area contributed by atoms with E-state index in [1.54, 1.807) is 19.1 Å². The highest BCUT2D eigenvalue weighted by Crippen LogP contribution is 2.27. The molecule has 0 radical (unpaired) electrons. The quantitative estimate of drug-likeness (QED) is 0.309. The van der Waals surface area contributed by atoms with Crippen LogP contribution in [0.2, 0.25) is 0 Å². The molecule has 1 fully saturated rings. The van der Waals surface area contributed by atoms with Gasteiger partial charge in [0.1, 0.15) is 17.4 Å². The zero-order valence-corrected chi connectivity index (χ0v) is 21.0. The van der Waals surface area contributed by atoms with Gasteiger partial charge in [-0.25, -0.2) is 14.3 Å². The summed E-state index contributed by atoms with van der Waals surface area (Å²) in [6.07, 6.45) is 6.29. The Morgan fingerprint density at radius 1 is 1.18 bits per heavy atom. The summed E-state index contributed by atoms with van der Waals surface area (Å²) in [5.41, 5.74) is 2.25. The van der Waals surface area contributed by atoms with Crippen LogP contribution in [0.3, 0.4) is 0 Å². The maximum absolute atomic E-state index is 5.33. The molecule has 2 aromatic rings.